The predicted octanol–water partition coefficient (Wildman–Crippen LogP) is 2.26. The number of fused-ring (bicyclic) bond motifs is 1. The molecule has 0 aliphatic rings. The molecule has 0 fully saturated rings. The van der Waals surface area contributed by atoms with E-state index in [4.69, 9.17) is 23.2 Å². The molecule has 0 aromatic carbocycles. The van der Waals surface area contributed by atoms with Crippen molar-refractivity contribution in [2.24, 2.45) is 0 Å². The van der Waals surface area contributed by atoms with Crippen LogP contribution in [0.3, 0.4) is 0 Å². The summed E-state index contributed by atoms with van der Waals surface area (Å²) in [6.07, 6.45) is 0. The predicted molar refractivity (Wildman–Crippen MR) is 54.4 cm³/mol. The highest BCUT2D eigenvalue weighted by atomic mass is 127. The monoisotopic (exact) mass is 314 g/mol. The largest absolute Gasteiger partial charge is 0.269 e. The van der Waals surface area contributed by atoms with Crippen LogP contribution in [0.4, 0.5) is 0 Å². The summed E-state index contributed by atoms with van der Waals surface area (Å²) in [6.45, 7) is 0. The second kappa shape index (κ2) is 2.97. The Labute approximate surface area is 90.8 Å². The molecule has 12 heavy (non-hydrogen) atoms. The minimum atomic E-state index is 0.107. The molecule has 62 valence electrons. The first kappa shape index (κ1) is 8.46. The lowest BCUT2D eigenvalue weighted by atomic mass is 10.4. The highest BCUT2D eigenvalue weighted by Crippen LogP contribution is 2.24. The molecule has 2 aromatic rings. The maximum absolute atomic E-state index is 5.81. The molecule has 0 radical (unpaired) electrons. The number of nitrogens with zero attached hydrogens (tertiary/aromatic N) is 3. The number of halogens is 3. The van der Waals surface area contributed by atoms with E-state index in [1.807, 2.05) is 0 Å². The summed E-state index contributed by atoms with van der Waals surface area (Å²) in [5, 5.41) is 7.76. The Balaban J connectivity index is 2.93. The number of rotatable bonds is 0. The van der Waals surface area contributed by atoms with Crippen LogP contribution in [0.5, 0.6) is 0 Å². The molecule has 0 amide bonds. The van der Waals surface area contributed by atoms with Crippen LogP contribution in [0.15, 0.2) is 0 Å². The van der Waals surface area contributed by atoms with Crippen molar-refractivity contribution in [3.63, 3.8) is 0 Å². The maximum atomic E-state index is 5.81. The van der Waals surface area contributed by atoms with Gasteiger partial charge in [0, 0.05) is 0 Å². The lowest BCUT2D eigenvalue weighted by Crippen LogP contribution is -1.84. The molecule has 0 spiro atoms. The molecule has 0 bridgehead atoms. The SMILES string of the molecule is Clc1nc(Cl)c2c(I)[nH]nc2n1. The third-order valence-electron chi connectivity index (χ3n) is 1.30. The fourth-order valence-electron chi connectivity index (χ4n) is 0.825. The number of hydrogen-bond donors (Lipinski definition) is 1. The summed E-state index contributed by atoms with van der Waals surface area (Å²) in [4.78, 5) is 7.67. The Bertz CT molecular complexity index is 440. The molecule has 0 aliphatic carbocycles. The second-order valence-corrected chi connectivity index (χ2v) is 3.79. The summed E-state index contributed by atoms with van der Waals surface area (Å²) in [5.74, 6) is 0. The first-order valence-corrected chi connectivity index (χ1v) is 4.74. The van der Waals surface area contributed by atoms with Gasteiger partial charge in [0.15, 0.2) is 5.65 Å². The van der Waals surface area contributed by atoms with Gasteiger partial charge < -0.3 is 0 Å². The molecule has 0 saturated carbocycles. The third-order valence-corrected chi connectivity index (χ3v) is 2.52. The van der Waals surface area contributed by atoms with Crippen molar-refractivity contribution in [2.75, 3.05) is 0 Å². The zero-order valence-electron chi connectivity index (χ0n) is 5.48. The topological polar surface area (TPSA) is 54.5 Å². The van der Waals surface area contributed by atoms with E-state index in [9.17, 15) is 0 Å². The summed E-state index contributed by atoms with van der Waals surface area (Å²) < 4.78 is 0.810. The number of H-pyrrole nitrogens is 1. The van der Waals surface area contributed by atoms with Gasteiger partial charge in [-0.1, -0.05) is 11.6 Å². The van der Waals surface area contributed by atoms with Crippen LogP contribution in [0.2, 0.25) is 10.4 Å². The van der Waals surface area contributed by atoms with Crippen molar-refractivity contribution < 1.29 is 0 Å². The van der Waals surface area contributed by atoms with E-state index < -0.39 is 0 Å². The Morgan fingerprint density at radius 2 is 2.00 bits per heavy atom. The quantitative estimate of drug-likeness (QED) is 0.461. The fourth-order valence-corrected chi connectivity index (χ4v) is 2.07. The standard InChI is InChI=1S/C5HCl2IN4/c6-2-1-3(8)11-12-4(1)10-5(7)9-2/h(H,9,10,11,12). The van der Waals surface area contributed by atoms with Gasteiger partial charge in [0.2, 0.25) is 5.28 Å². The van der Waals surface area contributed by atoms with Crippen LogP contribution >= 0.6 is 45.8 Å². The molecular formula is C5HCl2IN4. The van der Waals surface area contributed by atoms with Crippen LogP contribution in [0.25, 0.3) is 11.0 Å². The fraction of sp³-hybridized carbons (Fsp3) is 0. The highest BCUT2D eigenvalue weighted by Gasteiger charge is 2.10. The van der Waals surface area contributed by atoms with Gasteiger partial charge in [0.05, 0.1) is 5.39 Å². The van der Waals surface area contributed by atoms with Crippen LogP contribution in [0, 0.1) is 3.70 Å². The number of aromatic nitrogens is 4. The molecule has 0 atom stereocenters. The van der Waals surface area contributed by atoms with Gasteiger partial charge in [-0.2, -0.15) is 10.1 Å². The van der Waals surface area contributed by atoms with E-state index in [-0.39, 0.29) is 5.28 Å². The Hall–Kier alpha value is -0.140. The van der Waals surface area contributed by atoms with Gasteiger partial charge >= 0.3 is 0 Å². The Kier molecular flexibility index (Phi) is 2.09. The molecule has 0 saturated heterocycles. The molecule has 0 unspecified atom stereocenters. The summed E-state index contributed by atoms with van der Waals surface area (Å²) >= 11 is 13.4. The number of hydrogen-bond acceptors (Lipinski definition) is 3. The molecule has 0 aliphatic heterocycles. The summed E-state index contributed by atoms with van der Waals surface area (Å²) in [6, 6.07) is 0. The molecular weight excluding hydrogens is 314 g/mol. The maximum Gasteiger partial charge on any atom is 0.225 e. The second-order valence-electron chi connectivity index (χ2n) is 2.02. The van der Waals surface area contributed by atoms with Gasteiger partial charge in [-0.15, -0.1) is 0 Å². The number of nitrogens with one attached hydrogen (secondary N) is 1. The lowest BCUT2D eigenvalue weighted by Gasteiger charge is -1.92. The van der Waals surface area contributed by atoms with E-state index in [0.717, 1.165) is 3.70 Å². The average Bonchev–Trinajstić information content (AvgIpc) is 2.31. The van der Waals surface area contributed by atoms with Crippen molar-refractivity contribution in [1.29, 1.82) is 0 Å². The van der Waals surface area contributed by atoms with Crippen molar-refractivity contribution >= 4 is 56.8 Å². The smallest absolute Gasteiger partial charge is 0.225 e. The van der Waals surface area contributed by atoms with E-state index in [0.29, 0.717) is 16.2 Å². The van der Waals surface area contributed by atoms with E-state index >= 15 is 0 Å². The first-order chi connectivity index (χ1) is 5.68. The van der Waals surface area contributed by atoms with Gasteiger partial charge in [0.1, 0.15) is 8.85 Å². The normalized spacial score (nSPS) is 10.9. The van der Waals surface area contributed by atoms with Crippen LogP contribution in [0.1, 0.15) is 0 Å². The lowest BCUT2D eigenvalue weighted by molar-refractivity contribution is 1.07. The molecule has 7 heteroatoms. The van der Waals surface area contributed by atoms with Crippen LogP contribution in [-0.4, -0.2) is 20.2 Å². The minimum absolute atomic E-state index is 0.107. The molecule has 2 rings (SSSR count). The third kappa shape index (κ3) is 1.25. The molecule has 1 N–H and O–H groups in total. The minimum Gasteiger partial charge on any atom is -0.269 e. The van der Waals surface area contributed by atoms with Crippen molar-refractivity contribution in [3.8, 4) is 0 Å². The van der Waals surface area contributed by atoms with E-state index in [1.54, 1.807) is 0 Å². The molecule has 2 heterocycles. The molecule has 2 aromatic heterocycles. The zero-order chi connectivity index (χ0) is 8.72. The summed E-state index contributed by atoms with van der Waals surface area (Å²) in [5.41, 5.74) is 0.490. The highest BCUT2D eigenvalue weighted by molar-refractivity contribution is 14.1. The van der Waals surface area contributed by atoms with Gasteiger partial charge in [-0.3, -0.25) is 5.10 Å². The first-order valence-electron chi connectivity index (χ1n) is 2.91. The number of aromatic amines is 1. The van der Waals surface area contributed by atoms with E-state index in [1.165, 1.54) is 0 Å². The van der Waals surface area contributed by atoms with Crippen LogP contribution in [-0.2, 0) is 0 Å². The van der Waals surface area contributed by atoms with Crippen LogP contribution < -0.4 is 0 Å². The van der Waals surface area contributed by atoms with Gasteiger partial charge in [0.25, 0.3) is 0 Å². The molecule has 4 nitrogen and oxygen atoms in total. The zero-order valence-corrected chi connectivity index (χ0v) is 9.14. The van der Waals surface area contributed by atoms with Gasteiger partial charge in [-0.05, 0) is 34.2 Å². The van der Waals surface area contributed by atoms with E-state index in [2.05, 4.69) is 42.8 Å². The van der Waals surface area contributed by atoms with Crippen molar-refractivity contribution in [1.82, 2.24) is 20.2 Å². The van der Waals surface area contributed by atoms with Crippen molar-refractivity contribution in [2.45, 2.75) is 0 Å². The van der Waals surface area contributed by atoms with Crippen molar-refractivity contribution in [3.05, 3.63) is 14.1 Å². The Morgan fingerprint density at radius 1 is 1.25 bits per heavy atom. The average molecular weight is 315 g/mol. The van der Waals surface area contributed by atoms with Gasteiger partial charge in [-0.25, -0.2) is 4.98 Å². The summed E-state index contributed by atoms with van der Waals surface area (Å²) in [7, 11) is 0. The Morgan fingerprint density at radius 3 is 2.75 bits per heavy atom.